The molecule has 2 aromatic carbocycles. The Morgan fingerprint density at radius 2 is 1.93 bits per heavy atom. The summed E-state index contributed by atoms with van der Waals surface area (Å²) >= 11 is 1.13. The van der Waals surface area contributed by atoms with E-state index in [1.54, 1.807) is 38.3 Å². The zero-order valence-electron chi connectivity index (χ0n) is 16.1. The molecular formula is C20H22N3O4S+. The molecule has 28 heavy (non-hydrogen) atoms. The lowest BCUT2D eigenvalue weighted by molar-refractivity contribution is -0.704. The van der Waals surface area contributed by atoms with Crippen molar-refractivity contribution in [3.8, 4) is 11.4 Å². The van der Waals surface area contributed by atoms with E-state index < -0.39 is 10.9 Å². The minimum atomic E-state index is -0.535. The molecule has 1 unspecified atom stereocenters. The van der Waals surface area contributed by atoms with Crippen LogP contribution in [0.15, 0.2) is 56.8 Å². The first-order valence-corrected chi connectivity index (χ1v) is 9.59. The summed E-state index contributed by atoms with van der Waals surface area (Å²) in [6.45, 7) is 5.65. The normalized spacial score (nSPS) is 11.9. The van der Waals surface area contributed by atoms with Gasteiger partial charge in [-0.05, 0) is 71.8 Å². The average Bonchev–Trinajstić information content (AvgIpc) is 3.05. The molecule has 3 aromatic rings. The molecule has 1 heterocycles. The van der Waals surface area contributed by atoms with Gasteiger partial charge in [-0.2, -0.15) is 0 Å². The van der Waals surface area contributed by atoms with Crippen molar-refractivity contribution >= 4 is 23.4 Å². The standard InChI is InChI=1S/C20H21N3O4S/c1-12-5-6-13(2)17(11-12)21-18(24)14(3)28-19-20(25)27-22-23(19)15-7-9-16(26-4)10-8-15/h5-11,14H,1-4H3,(H-,21,22,24,25)/p+1. The molecule has 146 valence electrons. The number of carbonyl (C=O) groups excluding carboxylic acids is 1. The van der Waals surface area contributed by atoms with Crippen LogP contribution >= 0.6 is 11.8 Å². The number of ether oxygens (including phenoxy) is 1. The second-order valence-electron chi connectivity index (χ2n) is 6.39. The molecule has 0 radical (unpaired) electrons. The fraction of sp³-hybridized carbons (Fsp3) is 0.250. The predicted molar refractivity (Wildman–Crippen MR) is 107 cm³/mol. The number of thioether (sulfide) groups is 1. The number of aromatic nitrogens is 2. The Balaban J connectivity index is 1.79. The summed E-state index contributed by atoms with van der Waals surface area (Å²) in [7, 11) is 1.58. The molecule has 0 saturated heterocycles. The van der Waals surface area contributed by atoms with E-state index in [9.17, 15) is 9.59 Å². The first-order chi connectivity index (χ1) is 13.4. The van der Waals surface area contributed by atoms with Crippen LogP contribution in [0.5, 0.6) is 5.75 Å². The molecule has 0 aliphatic carbocycles. The van der Waals surface area contributed by atoms with Gasteiger partial charge in [0, 0.05) is 17.8 Å². The number of anilines is 1. The third-order valence-electron chi connectivity index (χ3n) is 4.25. The molecule has 8 heteroatoms. The maximum Gasteiger partial charge on any atom is 0.442 e. The summed E-state index contributed by atoms with van der Waals surface area (Å²) in [5, 5.41) is 5.28. The molecule has 1 aromatic heterocycles. The Morgan fingerprint density at radius 1 is 1.21 bits per heavy atom. The minimum absolute atomic E-state index is 0.194. The number of carbonyl (C=O) groups is 1. The van der Waals surface area contributed by atoms with Gasteiger partial charge in [-0.25, -0.2) is 4.79 Å². The lowest BCUT2D eigenvalue weighted by atomic mass is 10.1. The number of hydrogen-bond donors (Lipinski definition) is 2. The topological polar surface area (TPSA) is 88.2 Å². The van der Waals surface area contributed by atoms with Gasteiger partial charge in [-0.1, -0.05) is 12.1 Å². The Labute approximate surface area is 166 Å². The SMILES string of the molecule is COc1ccc(-[n+]2[nH]oc(=O)c2SC(C)C(=O)Nc2cc(C)ccc2C)cc1. The number of nitrogens with zero attached hydrogens (tertiary/aromatic N) is 1. The monoisotopic (exact) mass is 400 g/mol. The first kappa shape index (κ1) is 19.8. The van der Waals surface area contributed by atoms with Gasteiger partial charge in [-0.15, -0.1) is 0 Å². The van der Waals surface area contributed by atoms with Crippen molar-refractivity contribution in [2.45, 2.75) is 31.0 Å². The molecule has 0 spiro atoms. The van der Waals surface area contributed by atoms with Gasteiger partial charge in [0.05, 0.1) is 12.4 Å². The van der Waals surface area contributed by atoms with Crippen molar-refractivity contribution in [2.75, 3.05) is 12.4 Å². The van der Waals surface area contributed by atoms with E-state index in [1.165, 1.54) is 4.68 Å². The molecule has 0 aliphatic heterocycles. The maximum absolute atomic E-state index is 12.6. The molecule has 7 nitrogen and oxygen atoms in total. The smallest absolute Gasteiger partial charge is 0.442 e. The first-order valence-electron chi connectivity index (χ1n) is 8.71. The zero-order valence-corrected chi connectivity index (χ0v) is 16.9. The molecule has 2 N–H and O–H groups in total. The number of nitrogens with one attached hydrogen (secondary N) is 2. The quantitative estimate of drug-likeness (QED) is 0.491. The third kappa shape index (κ3) is 4.28. The molecule has 0 bridgehead atoms. The summed E-state index contributed by atoms with van der Waals surface area (Å²) in [4.78, 5) is 24.8. The van der Waals surface area contributed by atoms with Crippen LogP contribution in [0.4, 0.5) is 5.69 Å². The number of methoxy groups -OCH3 is 1. The fourth-order valence-corrected chi connectivity index (χ4v) is 3.48. The van der Waals surface area contributed by atoms with Crippen LogP contribution in [0.1, 0.15) is 18.1 Å². The van der Waals surface area contributed by atoms with Crippen LogP contribution in [0.3, 0.4) is 0 Å². The Kier molecular flexibility index (Phi) is 5.89. The van der Waals surface area contributed by atoms with Gasteiger partial charge in [0.25, 0.3) is 0 Å². The van der Waals surface area contributed by atoms with Crippen molar-refractivity contribution < 1.29 is 18.7 Å². The van der Waals surface area contributed by atoms with E-state index in [1.807, 2.05) is 32.0 Å². The van der Waals surface area contributed by atoms with Crippen LogP contribution in [0.25, 0.3) is 5.69 Å². The van der Waals surface area contributed by atoms with Crippen molar-refractivity contribution in [1.29, 1.82) is 0 Å². The number of aryl methyl sites for hydroxylation is 2. The largest absolute Gasteiger partial charge is 0.497 e. The van der Waals surface area contributed by atoms with Crippen LogP contribution in [-0.4, -0.2) is 23.5 Å². The fourth-order valence-electron chi connectivity index (χ4n) is 2.59. The molecule has 0 aliphatic rings. The van der Waals surface area contributed by atoms with E-state index in [0.29, 0.717) is 11.4 Å². The molecule has 0 saturated carbocycles. The highest BCUT2D eigenvalue weighted by Crippen LogP contribution is 2.22. The number of aromatic amines is 1. The van der Waals surface area contributed by atoms with E-state index in [0.717, 1.165) is 28.6 Å². The predicted octanol–water partition coefficient (Wildman–Crippen LogP) is 2.99. The summed E-state index contributed by atoms with van der Waals surface area (Å²) in [5.74, 6) is 0.506. The van der Waals surface area contributed by atoms with Gasteiger partial charge in [0.15, 0.2) is 0 Å². The highest BCUT2D eigenvalue weighted by molar-refractivity contribution is 8.00. The van der Waals surface area contributed by atoms with E-state index >= 15 is 0 Å². The molecular weight excluding hydrogens is 378 g/mol. The highest BCUT2D eigenvalue weighted by atomic mass is 32.2. The summed E-state index contributed by atoms with van der Waals surface area (Å²) in [6, 6.07) is 13.0. The number of H-pyrrole nitrogens is 1. The van der Waals surface area contributed by atoms with Crippen LogP contribution in [-0.2, 0) is 4.79 Å². The van der Waals surface area contributed by atoms with Gasteiger partial charge < -0.3 is 10.1 Å². The highest BCUT2D eigenvalue weighted by Gasteiger charge is 2.29. The summed E-state index contributed by atoms with van der Waals surface area (Å²) in [5.41, 5.74) is 2.96. The third-order valence-corrected chi connectivity index (χ3v) is 5.39. The number of amides is 1. The van der Waals surface area contributed by atoms with Gasteiger partial charge in [0.2, 0.25) is 11.6 Å². The van der Waals surface area contributed by atoms with Crippen LogP contribution in [0.2, 0.25) is 0 Å². The second kappa shape index (κ2) is 8.35. The van der Waals surface area contributed by atoms with E-state index in [2.05, 4.69) is 10.6 Å². The summed E-state index contributed by atoms with van der Waals surface area (Å²) in [6.07, 6.45) is 0. The van der Waals surface area contributed by atoms with Crippen molar-refractivity contribution in [3.05, 3.63) is 64.0 Å². The lowest BCUT2D eigenvalue weighted by Crippen LogP contribution is -2.37. The number of benzene rings is 2. The Morgan fingerprint density at radius 3 is 2.61 bits per heavy atom. The number of hydrogen-bond acceptors (Lipinski definition) is 5. The van der Waals surface area contributed by atoms with Crippen molar-refractivity contribution in [2.24, 2.45) is 0 Å². The zero-order chi connectivity index (χ0) is 20.3. The molecule has 1 amide bonds. The Bertz CT molecular complexity index is 1040. The Hall–Kier alpha value is -3.00. The molecule has 1 atom stereocenters. The van der Waals surface area contributed by atoms with Gasteiger partial charge in [0.1, 0.15) is 5.75 Å². The van der Waals surface area contributed by atoms with Crippen molar-refractivity contribution in [3.63, 3.8) is 0 Å². The van der Waals surface area contributed by atoms with Gasteiger partial charge in [-0.3, -0.25) is 9.32 Å². The van der Waals surface area contributed by atoms with E-state index in [4.69, 9.17) is 9.26 Å². The molecule has 0 fully saturated rings. The lowest BCUT2D eigenvalue weighted by Gasteiger charge is -2.12. The van der Waals surface area contributed by atoms with Crippen molar-refractivity contribution in [1.82, 2.24) is 5.27 Å². The van der Waals surface area contributed by atoms with Gasteiger partial charge >= 0.3 is 10.7 Å². The molecule has 3 rings (SSSR count). The van der Waals surface area contributed by atoms with E-state index in [-0.39, 0.29) is 10.9 Å². The maximum atomic E-state index is 12.6. The van der Waals surface area contributed by atoms with Crippen LogP contribution in [0, 0.1) is 13.8 Å². The average molecular weight is 400 g/mol. The minimum Gasteiger partial charge on any atom is -0.497 e. The number of rotatable bonds is 6. The summed E-state index contributed by atoms with van der Waals surface area (Å²) < 4.78 is 11.6. The van der Waals surface area contributed by atoms with Crippen LogP contribution < -0.4 is 20.4 Å². The second-order valence-corrected chi connectivity index (χ2v) is 7.72.